The van der Waals surface area contributed by atoms with Gasteiger partial charge in [0, 0.05) is 5.69 Å². The van der Waals surface area contributed by atoms with Gasteiger partial charge in [-0.2, -0.15) is 5.26 Å². The summed E-state index contributed by atoms with van der Waals surface area (Å²) in [5.74, 6) is 1.90. The van der Waals surface area contributed by atoms with E-state index >= 15 is 0 Å². The van der Waals surface area contributed by atoms with Crippen LogP contribution in [0.5, 0.6) is 17.2 Å². The van der Waals surface area contributed by atoms with E-state index < -0.39 is 5.91 Å². The molecule has 0 aliphatic carbocycles. The van der Waals surface area contributed by atoms with Crippen molar-refractivity contribution in [2.45, 2.75) is 33.1 Å². The quantitative estimate of drug-likeness (QED) is 0.190. The van der Waals surface area contributed by atoms with Crippen LogP contribution in [-0.4, -0.2) is 26.2 Å². The molecule has 36 heavy (non-hydrogen) atoms. The van der Waals surface area contributed by atoms with Crippen molar-refractivity contribution in [1.29, 1.82) is 5.26 Å². The van der Waals surface area contributed by atoms with Gasteiger partial charge < -0.3 is 19.5 Å². The lowest BCUT2D eigenvalue weighted by Gasteiger charge is -2.13. The third-order valence-corrected chi connectivity index (χ3v) is 5.81. The van der Waals surface area contributed by atoms with E-state index in [0.717, 1.165) is 17.7 Å². The van der Waals surface area contributed by atoms with Crippen molar-refractivity contribution in [3.8, 4) is 23.3 Å². The number of amides is 1. The smallest absolute Gasteiger partial charge is 0.266 e. The first kappa shape index (κ1) is 26.4. The lowest BCUT2D eigenvalue weighted by atomic mass is 9.99. The van der Waals surface area contributed by atoms with Gasteiger partial charge in [0.2, 0.25) is 0 Å². The van der Waals surface area contributed by atoms with E-state index in [-0.39, 0.29) is 5.57 Å². The van der Waals surface area contributed by atoms with Gasteiger partial charge in [0.25, 0.3) is 5.91 Å². The molecule has 3 aromatic carbocycles. The van der Waals surface area contributed by atoms with Crippen molar-refractivity contribution in [2.24, 2.45) is 0 Å². The van der Waals surface area contributed by atoms with Crippen LogP contribution < -0.4 is 19.5 Å². The average Bonchev–Trinajstić information content (AvgIpc) is 2.89. The van der Waals surface area contributed by atoms with Crippen LogP contribution in [0.4, 0.5) is 5.69 Å². The Balaban J connectivity index is 1.59. The number of hydrogen-bond donors (Lipinski definition) is 1. The zero-order valence-corrected chi connectivity index (χ0v) is 21.2. The predicted octanol–water partition coefficient (Wildman–Crippen LogP) is 6.52. The minimum absolute atomic E-state index is 0.0139. The second kappa shape index (κ2) is 13.0. The van der Waals surface area contributed by atoms with E-state index in [4.69, 9.17) is 14.2 Å². The van der Waals surface area contributed by atoms with Gasteiger partial charge in [-0.3, -0.25) is 4.79 Å². The van der Waals surface area contributed by atoms with Gasteiger partial charge >= 0.3 is 0 Å². The number of nitrogens with zero attached hydrogens (tertiary/aromatic N) is 1. The fourth-order valence-corrected chi connectivity index (χ4v) is 3.57. The Hall–Kier alpha value is -4.24. The number of benzene rings is 3. The molecule has 0 aliphatic heterocycles. The maximum Gasteiger partial charge on any atom is 0.266 e. The first-order valence-corrected chi connectivity index (χ1v) is 12.0. The summed E-state index contributed by atoms with van der Waals surface area (Å²) in [5, 5.41) is 12.3. The van der Waals surface area contributed by atoms with Crippen molar-refractivity contribution in [1.82, 2.24) is 0 Å². The SMILES string of the molecule is CCC(C)c1ccc(OCCOc2ccc(/C=C(\C#N)C(=O)Nc3cccc(C)c3)cc2OC)cc1. The second-order valence-electron chi connectivity index (χ2n) is 8.48. The fourth-order valence-electron chi connectivity index (χ4n) is 3.57. The predicted molar refractivity (Wildman–Crippen MR) is 143 cm³/mol. The van der Waals surface area contributed by atoms with Crippen LogP contribution in [0.2, 0.25) is 0 Å². The first-order chi connectivity index (χ1) is 17.4. The van der Waals surface area contributed by atoms with E-state index in [2.05, 4.69) is 31.3 Å². The summed E-state index contributed by atoms with van der Waals surface area (Å²) in [4.78, 5) is 12.6. The van der Waals surface area contributed by atoms with Crippen molar-refractivity contribution < 1.29 is 19.0 Å². The third kappa shape index (κ3) is 7.38. The standard InChI is InChI=1S/C30H32N2O4/c1-5-22(3)24-10-12-27(13-11-24)35-15-16-36-28-14-9-23(19-29(28)34-4)18-25(20-31)30(33)32-26-8-6-7-21(2)17-26/h6-14,17-19,22H,5,15-16H2,1-4H3,(H,32,33)/b25-18+. The molecule has 0 aliphatic rings. The van der Waals surface area contributed by atoms with Crippen molar-refractivity contribution >= 4 is 17.7 Å². The van der Waals surface area contributed by atoms with E-state index in [1.807, 2.05) is 43.3 Å². The molecule has 1 N–H and O–H groups in total. The summed E-state index contributed by atoms with van der Waals surface area (Å²) in [6.07, 6.45) is 2.62. The van der Waals surface area contributed by atoms with Crippen LogP contribution in [0.3, 0.4) is 0 Å². The van der Waals surface area contributed by atoms with Crippen LogP contribution in [0.25, 0.3) is 6.08 Å². The topological polar surface area (TPSA) is 80.6 Å². The number of anilines is 1. The zero-order chi connectivity index (χ0) is 25.9. The minimum atomic E-state index is -0.475. The molecule has 0 bridgehead atoms. The largest absolute Gasteiger partial charge is 0.493 e. The molecule has 3 rings (SSSR count). The second-order valence-corrected chi connectivity index (χ2v) is 8.48. The van der Waals surface area contributed by atoms with E-state index in [0.29, 0.717) is 41.9 Å². The molecule has 1 atom stereocenters. The van der Waals surface area contributed by atoms with Gasteiger partial charge in [-0.1, -0.05) is 44.2 Å². The minimum Gasteiger partial charge on any atom is -0.493 e. The van der Waals surface area contributed by atoms with Crippen LogP contribution in [0.1, 0.15) is 42.9 Å². The Morgan fingerprint density at radius 1 is 1.03 bits per heavy atom. The fraction of sp³-hybridized carbons (Fsp3) is 0.267. The molecular weight excluding hydrogens is 452 g/mol. The number of carbonyl (C=O) groups is 1. The molecule has 1 amide bonds. The van der Waals surface area contributed by atoms with Crippen LogP contribution in [0, 0.1) is 18.3 Å². The highest BCUT2D eigenvalue weighted by Crippen LogP contribution is 2.29. The zero-order valence-electron chi connectivity index (χ0n) is 21.2. The third-order valence-electron chi connectivity index (χ3n) is 5.81. The van der Waals surface area contributed by atoms with Gasteiger partial charge in [0.05, 0.1) is 7.11 Å². The summed E-state index contributed by atoms with van der Waals surface area (Å²) < 4.78 is 17.1. The summed E-state index contributed by atoms with van der Waals surface area (Å²) in [6, 6.07) is 22.7. The summed E-state index contributed by atoms with van der Waals surface area (Å²) in [7, 11) is 1.54. The molecule has 6 heteroatoms. The van der Waals surface area contributed by atoms with Crippen LogP contribution in [-0.2, 0) is 4.79 Å². The number of methoxy groups -OCH3 is 1. The highest BCUT2D eigenvalue weighted by atomic mass is 16.5. The summed E-state index contributed by atoms with van der Waals surface area (Å²) in [5.41, 5.74) is 3.58. The Bertz CT molecular complexity index is 1240. The average molecular weight is 485 g/mol. The van der Waals surface area contributed by atoms with Gasteiger partial charge in [0.1, 0.15) is 30.6 Å². The normalized spacial score (nSPS) is 11.8. The van der Waals surface area contributed by atoms with E-state index in [9.17, 15) is 10.1 Å². The lowest BCUT2D eigenvalue weighted by Crippen LogP contribution is -2.13. The number of hydrogen-bond acceptors (Lipinski definition) is 5. The Morgan fingerprint density at radius 2 is 1.78 bits per heavy atom. The number of ether oxygens (including phenoxy) is 3. The molecule has 0 fully saturated rings. The molecule has 0 aromatic heterocycles. The monoisotopic (exact) mass is 484 g/mol. The molecule has 0 saturated carbocycles. The Labute approximate surface area is 213 Å². The molecule has 186 valence electrons. The maximum atomic E-state index is 12.6. The lowest BCUT2D eigenvalue weighted by molar-refractivity contribution is -0.112. The number of aryl methyl sites for hydroxylation is 1. The molecule has 0 spiro atoms. The highest BCUT2D eigenvalue weighted by Gasteiger charge is 2.12. The molecule has 1 unspecified atom stereocenters. The first-order valence-electron chi connectivity index (χ1n) is 12.0. The molecule has 6 nitrogen and oxygen atoms in total. The highest BCUT2D eigenvalue weighted by molar-refractivity contribution is 6.09. The van der Waals surface area contributed by atoms with Gasteiger partial charge in [-0.05, 0) is 78.4 Å². The molecule has 0 saturated heterocycles. The van der Waals surface area contributed by atoms with Crippen LogP contribution in [0.15, 0.2) is 72.3 Å². The molecule has 0 radical (unpaired) electrons. The molecule has 0 heterocycles. The molecule has 3 aromatic rings. The number of carbonyl (C=O) groups excluding carboxylic acids is 1. The van der Waals surface area contributed by atoms with Crippen molar-refractivity contribution in [3.63, 3.8) is 0 Å². The summed E-state index contributed by atoms with van der Waals surface area (Å²) in [6.45, 7) is 7.03. The van der Waals surface area contributed by atoms with Gasteiger partial charge in [-0.15, -0.1) is 0 Å². The van der Waals surface area contributed by atoms with Crippen molar-refractivity contribution in [3.05, 3.63) is 89.0 Å². The van der Waals surface area contributed by atoms with Crippen molar-refractivity contribution in [2.75, 3.05) is 25.6 Å². The summed E-state index contributed by atoms with van der Waals surface area (Å²) >= 11 is 0. The van der Waals surface area contributed by atoms with E-state index in [1.54, 1.807) is 31.4 Å². The molecular formula is C30H32N2O4. The Morgan fingerprint density at radius 3 is 2.44 bits per heavy atom. The van der Waals surface area contributed by atoms with Gasteiger partial charge in [0.15, 0.2) is 11.5 Å². The number of nitrogens with one attached hydrogen (secondary N) is 1. The number of rotatable bonds is 11. The van der Waals surface area contributed by atoms with E-state index in [1.165, 1.54) is 11.6 Å². The van der Waals surface area contributed by atoms with Gasteiger partial charge in [-0.25, -0.2) is 0 Å². The Kier molecular flexibility index (Phi) is 9.53. The number of nitriles is 1. The maximum absolute atomic E-state index is 12.6. The van der Waals surface area contributed by atoms with Crippen LogP contribution >= 0.6 is 0 Å².